The minimum atomic E-state index is 0.188. The van der Waals surface area contributed by atoms with Crippen LogP contribution in [0.25, 0.3) is 0 Å². The van der Waals surface area contributed by atoms with Gasteiger partial charge < -0.3 is 10.1 Å². The summed E-state index contributed by atoms with van der Waals surface area (Å²) in [5, 5.41) is 7.64. The van der Waals surface area contributed by atoms with Gasteiger partial charge in [-0.15, -0.1) is 0 Å². The molecule has 0 amide bonds. The van der Waals surface area contributed by atoms with E-state index >= 15 is 0 Å². The first-order valence-corrected chi connectivity index (χ1v) is 7.09. The third-order valence-electron chi connectivity index (χ3n) is 3.91. The van der Waals surface area contributed by atoms with Crippen LogP contribution in [0.15, 0.2) is 24.4 Å². The van der Waals surface area contributed by atoms with Crippen molar-refractivity contribution in [2.45, 2.75) is 39.5 Å². The highest BCUT2D eigenvalue weighted by atomic mass is 16.5. The topological polar surface area (TPSA) is 39.1 Å². The van der Waals surface area contributed by atoms with E-state index in [0.717, 1.165) is 25.3 Å². The molecule has 1 aromatic carbocycles. The van der Waals surface area contributed by atoms with Crippen LogP contribution >= 0.6 is 0 Å². The Bertz CT molecular complexity index is 618. The Morgan fingerprint density at radius 3 is 3.05 bits per heavy atom. The number of ether oxygens (including phenoxy) is 1. The number of nitrogens with zero attached hydrogens (tertiary/aromatic N) is 2. The highest BCUT2D eigenvalue weighted by molar-refractivity contribution is 5.40. The predicted octanol–water partition coefficient (Wildman–Crippen LogP) is 2.22. The highest BCUT2D eigenvalue weighted by Gasteiger charge is 2.24. The molecule has 3 rings (SSSR count). The SMILES string of the molecule is CNCc1cnn(CC2Cc3cc(C)ccc3O2)c1C. The highest BCUT2D eigenvalue weighted by Crippen LogP contribution is 2.30. The van der Waals surface area contributed by atoms with Gasteiger partial charge in [-0.25, -0.2) is 0 Å². The lowest BCUT2D eigenvalue weighted by molar-refractivity contribution is 0.202. The van der Waals surface area contributed by atoms with E-state index in [0.29, 0.717) is 0 Å². The second-order valence-corrected chi connectivity index (χ2v) is 5.52. The molecule has 0 saturated heterocycles. The van der Waals surface area contributed by atoms with Gasteiger partial charge in [0.2, 0.25) is 0 Å². The van der Waals surface area contributed by atoms with Crippen molar-refractivity contribution < 1.29 is 4.74 Å². The molecule has 0 radical (unpaired) electrons. The molecule has 1 atom stereocenters. The minimum Gasteiger partial charge on any atom is -0.488 e. The standard InChI is InChI=1S/C16H21N3O/c1-11-4-5-16-13(6-11)7-15(20-16)10-19-12(2)14(8-17-3)9-18-19/h4-6,9,15,17H,7-8,10H2,1-3H3. The Labute approximate surface area is 119 Å². The van der Waals surface area contributed by atoms with Crippen molar-refractivity contribution in [2.75, 3.05) is 7.05 Å². The second-order valence-electron chi connectivity index (χ2n) is 5.52. The van der Waals surface area contributed by atoms with Gasteiger partial charge >= 0.3 is 0 Å². The van der Waals surface area contributed by atoms with Crippen LogP contribution in [0.2, 0.25) is 0 Å². The third kappa shape index (κ3) is 2.43. The van der Waals surface area contributed by atoms with Crippen LogP contribution in [0.3, 0.4) is 0 Å². The first kappa shape index (κ1) is 13.2. The molecular formula is C16H21N3O. The number of rotatable bonds is 4. The molecule has 2 heterocycles. The van der Waals surface area contributed by atoms with Gasteiger partial charge in [0.25, 0.3) is 0 Å². The van der Waals surface area contributed by atoms with Crippen molar-refractivity contribution in [3.05, 3.63) is 46.8 Å². The van der Waals surface area contributed by atoms with Crippen molar-refractivity contribution in [2.24, 2.45) is 0 Å². The lowest BCUT2D eigenvalue weighted by Crippen LogP contribution is -2.22. The molecule has 1 aromatic heterocycles. The first-order valence-electron chi connectivity index (χ1n) is 7.09. The fraction of sp³-hybridized carbons (Fsp3) is 0.438. The fourth-order valence-corrected chi connectivity index (χ4v) is 2.78. The van der Waals surface area contributed by atoms with Crippen LogP contribution in [0.5, 0.6) is 5.75 Å². The van der Waals surface area contributed by atoms with Crippen LogP contribution in [-0.4, -0.2) is 22.9 Å². The van der Waals surface area contributed by atoms with E-state index in [9.17, 15) is 0 Å². The summed E-state index contributed by atoms with van der Waals surface area (Å²) in [5.74, 6) is 1.03. The number of nitrogens with one attached hydrogen (secondary N) is 1. The number of benzene rings is 1. The number of hydrogen-bond acceptors (Lipinski definition) is 3. The molecule has 1 N–H and O–H groups in total. The Morgan fingerprint density at radius 1 is 1.40 bits per heavy atom. The van der Waals surface area contributed by atoms with Gasteiger partial charge in [-0.3, -0.25) is 4.68 Å². The Balaban J connectivity index is 1.71. The molecule has 4 nitrogen and oxygen atoms in total. The van der Waals surface area contributed by atoms with Crippen LogP contribution in [-0.2, 0) is 19.5 Å². The predicted molar refractivity (Wildman–Crippen MR) is 79.0 cm³/mol. The molecule has 1 unspecified atom stereocenters. The molecule has 2 aromatic rings. The van der Waals surface area contributed by atoms with Crippen LogP contribution in [0, 0.1) is 13.8 Å². The summed E-state index contributed by atoms with van der Waals surface area (Å²) in [6, 6.07) is 6.40. The van der Waals surface area contributed by atoms with Gasteiger partial charge in [0, 0.05) is 24.2 Å². The van der Waals surface area contributed by atoms with Crippen molar-refractivity contribution in [3.63, 3.8) is 0 Å². The summed E-state index contributed by atoms with van der Waals surface area (Å²) in [6.07, 6.45) is 3.10. The maximum atomic E-state index is 6.01. The van der Waals surface area contributed by atoms with E-state index in [1.54, 1.807) is 0 Å². The maximum absolute atomic E-state index is 6.01. The number of fused-ring (bicyclic) bond motifs is 1. The van der Waals surface area contributed by atoms with Gasteiger partial charge in [0.05, 0.1) is 12.7 Å². The lowest BCUT2D eigenvalue weighted by atomic mass is 10.1. The molecule has 0 spiro atoms. The summed E-state index contributed by atoms with van der Waals surface area (Å²) < 4.78 is 8.07. The zero-order valence-corrected chi connectivity index (χ0v) is 12.3. The van der Waals surface area contributed by atoms with Crippen molar-refractivity contribution >= 4 is 0 Å². The molecule has 0 bridgehead atoms. The van der Waals surface area contributed by atoms with E-state index < -0.39 is 0 Å². The number of hydrogen-bond donors (Lipinski definition) is 1. The second kappa shape index (κ2) is 5.29. The van der Waals surface area contributed by atoms with Crippen LogP contribution in [0.1, 0.15) is 22.4 Å². The van der Waals surface area contributed by atoms with Crippen LogP contribution < -0.4 is 10.1 Å². The largest absolute Gasteiger partial charge is 0.488 e. The normalized spacial score (nSPS) is 17.1. The quantitative estimate of drug-likeness (QED) is 0.927. The minimum absolute atomic E-state index is 0.188. The summed E-state index contributed by atoms with van der Waals surface area (Å²) in [4.78, 5) is 0. The monoisotopic (exact) mass is 271 g/mol. The molecule has 20 heavy (non-hydrogen) atoms. The van der Waals surface area contributed by atoms with Gasteiger partial charge in [-0.2, -0.15) is 5.10 Å². The molecule has 0 saturated carbocycles. The van der Waals surface area contributed by atoms with Gasteiger partial charge in [-0.1, -0.05) is 17.7 Å². The molecule has 0 aliphatic carbocycles. The van der Waals surface area contributed by atoms with Crippen molar-refractivity contribution in [3.8, 4) is 5.75 Å². The average molecular weight is 271 g/mol. The molecule has 1 aliphatic rings. The lowest BCUT2D eigenvalue weighted by Gasteiger charge is -2.12. The Hall–Kier alpha value is -1.81. The average Bonchev–Trinajstić information content (AvgIpc) is 2.96. The van der Waals surface area contributed by atoms with E-state index in [4.69, 9.17) is 4.74 Å². The number of aryl methyl sites for hydroxylation is 1. The molecule has 4 heteroatoms. The zero-order valence-electron chi connectivity index (χ0n) is 12.3. The summed E-state index contributed by atoms with van der Waals surface area (Å²) in [5.41, 5.74) is 5.07. The van der Waals surface area contributed by atoms with E-state index in [1.165, 1.54) is 22.4 Å². The summed E-state index contributed by atoms with van der Waals surface area (Å²) in [6.45, 7) is 5.90. The smallest absolute Gasteiger partial charge is 0.123 e. The van der Waals surface area contributed by atoms with E-state index in [-0.39, 0.29) is 6.10 Å². The third-order valence-corrected chi connectivity index (χ3v) is 3.91. The van der Waals surface area contributed by atoms with E-state index in [2.05, 4.69) is 47.1 Å². The Morgan fingerprint density at radius 2 is 2.25 bits per heavy atom. The maximum Gasteiger partial charge on any atom is 0.123 e. The molecule has 0 fully saturated rings. The number of aromatic nitrogens is 2. The fourth-order valence-electron chi connectivity index (χ4n) is 2.78. The van der Waals surface area contributed by atoms with Crippen molar-refractivity contribution in [1.29, 1.82) is 0 Å². The molecular weight excluding hydrogens is 250 g/mol. The van der Waals surface area contributed by atoms with E-state index in [1.807, 2.05) is 13.2 Å². The molecule has 1 aliphatic heterocycles. The zero-order chi connectivity index (χ0) is 14.1. The Kier molecular flexibility index (Phi) is 3.49. The summed E-state index contributed by atoms with van der Waals surface area (Å²) >= 11 is 0. The summed E-state index contributed by atoms with van der Waals surface area (Å²) in [7, 11) is 1.95. The van der Waals surface area contributed by atoms with Gasteiger partial charge in [-0.05, 0) is 32.5 Å². The first-order chi connectivity index (χ1) is 9.67. The van der Waals surface area contributed by atoms with Crippen LogP contribution in [0.4, 0.5) is 0 Å². The van der Waals surface area contributed by atoms with Crippen molar-refractivity contribution in [1.82, 2.24) is 15.1 Å². The van der Waals surface area contributed by atoms with Gasteiger partial charge in [0.1, 0.15) is 11.9 Å². The van der Waals surface area contributed by atoms with Gasteiger partial charge in [0.15, 0.2) is 0 Å². The molecule has 106 valence electrons.